The summed E-state index contributed by atoms with van der Waals surface area (Å²) in [5.41, 5.74) is 0.668. The van der Waals surface area contributed by atoms with Crippen LogP contribution in [0.1, 0.15) is 12.8 Å². The van der Waals surface area contributed by atoms with Crippen LogP contribution in [0, 0.1) is 21.4 Å². The van der Waals surface area contributed by atoms with Crippen molar-refractivity contribution in [2.24, 2.45) is 0 Å². The topological polar surface area (TPSA) is 70.2 Å². The zero-order valence-corrected chi connectivity index (χ0v) is 6.56. The van der Waals surface area contributed by atoms with Gasteiger partial charge in [-0.05, 0) is 12.8 Å². The quantitative estimate of drug-likeness (QED) is 0.345. The summed E-state index contributed by atoms with van der Waals surface area (Å²) in [6.45, 7) is 1.01. The Balaban J connectivity index is 2.64. The summed E-state index contributed by atoms with van der Waals surface area (Å²) in [7, 11) is 0. The predicted octanol–water partition coefficient (Wildman–Crippen LogP) is 0.724. The minimum Gasteiger partial charge on any atom is -0.357 e. The smallest absolute Gasteiger partial charge is 0.253 e. The molecule has 0 radical (unpaired) electrons. The van der Waals surface area contributed by atoms with Crippen LogP contribution in [0.25, 0.3) is 0 Å². The molecular weight excluding hydrogens is 158 g/mol. The number of hydrogen-bond donors (Lipinski definition) is 0. The van der Waals surface area contributed by atoms with E-state index in [1.54, 1.807) is 4.90 Å². The highest BCUT2D eigenvalue weighted by Gasteiger charge is 2.18. The largest absolute Gasteiger partial charge is 0.357 e. The summed E-state index contributed by atoms with van der Waals surface area (Å²) in [6.07, 6.45) is 2.61. The van der Waals surface area contributed by atoms with Crippen LogP contribution in [0.5, 0.6) is 0 Å². The normalized spacial score (nSPS) is 19.6. The Kier molecular flexibility index (Phi) is 2.64. The molecule has 5 heteroatoms. The molecule has 0 aromatic heterocycles. The van der Waals surface area contributed by atoms with Crippen LogP contribution in [0.3, 0.4) is 0 Å². The first-order valence-electron chi connectivity index (χ1n) is 3.70. The summed E-state index contributed by atoms with van der Waals surface area (Å²) < 4.78 is 0. The summed E-state index contributed by atoms with van der Waals surface area (Å²) in [5, 5.41) is 18.5. The molecule has 1 saturated heterocycles. The molecule has 1 rings (SSSR count). The van der Waals surface area contributed by atoms with Gasteiger partial charge < -0.3 is 4.90 Å². The maximum Gasteiger partial charge on any atom is 0.253 e. The van der Waals surface area contributed by atoms with E-state index in [9.17, 15) is 10.1 Å². The lowest BCUT2D eigenvalue weighted by Crippen LogP contribution is -2.18. The van der Waals surface area contributed by atoms with Crippen molar-refractivity contribution in [1.82, 2.24) is 4.90 Å². The lowest BCUT2D eigenvalue weighted by atomic mass is 10.3. The fraction of sp³-hybridized carbons (Fsp3) is 0.571. The molecule has 0 aromatic rings. The molecule has 0 unspecified atom stereocenters. The van der Waals surface area contributed by atoms with Gasteiger partial charge in [0.15, 0.2) is 0 Å². The van der Waals surface area contributed by atoms with E-state index in [0.717, 1.165) is 19.2 Å². The Morgan fingerprint density at radius 2 is 2.58 bits per heavy atom. The maximum absolute atomic E-state index is 10.1. The Morgan fingerprint density at radius 3 is 3.17 bits per heavy atom. The molecule has 0 bridgehead atoms. The van der Waals surface area contributed by atoms with Gasteiger partial charge in [-0.25, -0.2) is 0 Å². The van der Waals surface area contributed by atoms with E-state index in [0.29, 0.717) is 12.1 Å². The van der Waals surface area contributed by atoms with Crippen molar-refractivity contribution >= 4 is 0 Å². The first-order chi connectivity index (χ1) is 5.74. The van der Waals surface area contributed by atoms with Gasteiger partial charge in [0.25, 0.3) is 6.20 Å². The molecule has 12 heavy (non-hydrogen) atoms. The first kappa shape index (κ1) is 8.53. The van der Waals surface area contributed by atoms with E-state index in [1.807, 2.05) is 6.07 Å². The zero-order chi connectivity index (χ0) is 8.97. The van der Waals surface area contributed by atoms with Gasteiger partial charge in [-0.15, -0.1) is 0 Å². The first-order valence-corrected chi connectivity index (χ1v) is 3.70. The highest BCUT2D eigenvalue weighted by molar-refractivity contribution is 5.04. The van der Waals surface area contributed by atoms with Crippen LogP contribution in [0.2, 0.25) is 0 Å². The van der Waals surface area contributed by atoms with Gasteiger partial charge >= 0.3 is 0 Å². The zero-order valence-electron chi connectivity index (χ0n) is 6.56. The number of likely N-dealkylation sites (tertiary alicyclic amines) is 1. The van der Waals surface area contributed by atoms with Crippen molar-refractivity contribution < 1.29 is 4.92 Å². The lowest BCUT2D eigenvalue weighted by molar-refractivity contribution is -0.404. The summed E-state index contributed by atoms with van der Waals surface area (Å²) in [6, 6.07) is 1.98. The number of nitro groups is 1. The Hall–Kier alpha value is -1.57. The second kappa shape index (κ2) is 3.72. The van der Waals surface area contributed by atoms with Crippen molar-refractivity contribution in [2.45, 2.75) is 12.8 Å². The van der Waals surface area contributed by atoms with Crippen molar-refractivity contribution in [3.63, 3.8) is 0 Å². The molecule has 5 nitrogen and oxygen atoms in total. The molecule has 1 fully saturated rings. The molecule has 0 saturated carbocycles. The summed E-state index contributed by atoms with van der Waals surface area (Å²) in [5.74, 6) is 0. The van der Waals surface area contributed by atoms with Gasteiger partial charge in [0.1, 0.15) is 6.54 Å². The second-order valence-corrected chi connectivity index (χ2v) is 2.59. The molecule has 0 spiro atoms. The van der Waals surface area contributed by atoms with Gasteiger partial charge in [-0.1, -0.05) is 0 Å². The van der Waals surface area contributed by atoms with Gasteiger partial charge in [0, 0.05) is 6.54 Å². The molecule has 0 N–H and O–H groups in total. The van der Waals surface area contributed by atoms with Crippen LogP contribution >= 0.6 is 0 Å². The third kappa shape index (κ3) is 1.95. The van der Waals surface area contributed by atoms with Crippen LogP contribution in [-0.4, -0.2) is 22.9 Å². The summed E-state index contributed by atoms with van der Waals surface area (Å²) >= 11 is 0. The summed E-state index contributed by atoms with van der Waals surface area (Å²) in [4.78, 5) is 11.4. The fourth-order valence-corrected chi connectivity index (χ4v) is 1.29. The van der Waals surface area contributed by atoms with Crippen molar-refractivity contribution in [3.8, 4) is 6.07 Å². The minimum atomic E-state index is -0.467. The molecule has 0 amide bonds. The van der Waals surface area contributed by atoms with Gasteiger partial charge in [0.2, 0.25) is 0 Å². The standard InChI is InChI=1S/C7H9N3O2/c8-3-5-9-4-1-2-7(9)6-10(11)12/h6H,1-2,4-5H2/b7-6-. The van der Waals surface area contributed by atoms with Crippen molar-refractivity contribution in [1.29, 1.82) is 5.26 Å². The number of allylic oxidation sites excluding steroid dienone is 1. The SMILES string of the molecule is N#CCN1CCC/C1=C/[N+](=O)[O-]. The van der Waals surface area contributed by atoms with E-state index in [1.165, 1.54) is 0 Å². The van der Waals surface area contributed by atoms with Gasteiger partial charge in [-0.2, -0.15) is 5.26 Å². The molecule has 1 aliphatic rings. The molecule has 0 aromatic carbocycles. The van der Waals surface area contributed by atoms with Crippen LogP contribution in [0.15, 0.2) is 11.9 Å². The van der Waals surface area contributed by atoms with Crippen molar-refractivity contribution in [2.75, 3.05) is 13.1 Å². The highest BCUT2D eigenvalue weighted by Crippen LogP contribution is 2.19. The molecule has 0 atom stereocenters. The van der Waals surface area contributed by atoms with E-state index in [2.05, 4.69) is 0 Å². The number of hydrogen-bond acceptors (Lipinski definition) is 4. The monoisotopic (exact) mass is 167 g/mol. The maximum atomic E-state index is 10.1. The number of nitriles is 1. The van der Waals surface area contributed by atoms with E-state index in [-0.39, 0.29) is 6.54 Å². The lowest BCUT2D eigenvalue weighted by Gasteiger charge is -2.12. The third-order valence-corrected chi connectivity index (χ3v) is 1.78. The average Bonchev–Trinajstić information content (AvgIpc) is 2.37. The van der Waals surface area contributed by atoms with E-state index >= 15 is 0 Å². The molecule has 0 aliphatic carbocycles. The van der Waals surface area contributed by atoms with Crippen molar-refractivity contribution in [3.05, 3.63) is 22.0 Å². The van der Waals surface area contributed by atoms with E-state index < -0.39 is 4.92 Å². The minimum absolute atomic E-state index is 0.250. The number of rotatable bonds is 2. The highest BCUT2D eigenvalue weighted by atomic mass is 16.6. The average molecular weight is 167 g/mol. The van der Waals surface area contributed by atoms with E-state index in [4.69, 9.17) is 5.26 Å². The van der Waals surface area contributed by atoms with Crippen LogP contribution in [0.4, 0.5) is 0 Å². The molecular formula is C7H9N3O2. The fourth-order valence-electron chi connectivity index (χ4n) is 1.29. The molecule has 64 valence electrons. The molecule has 1 aliphatic heterocycles. The predicted molar refractivity (Wildman–Crippen MR) is 41.5 cm³/mol. The van der Waals surface area contributed by atoms with Gasteiger partial charge in [0.05, 0.1) is 16.7 Å². The van der Waals surface area contributed by atoms with Crippen LogP contribution in [-0.2, 0) is 0 Å². The Bertz CT molecular complexity index is 254. The number of nitrogens with zero attached hydrogens (tertiary/aromatic N) is 3. The second-order valence-electron chi connectivity index (χ2n) is 2.59. The third-order valence-electron chi connectivity index (χ3n) is 1.78. The van der Waals surface area contributed by atoms with Crippen LogP contribution < -0.4 is 0 Å². The Morgan fingerprint density at radius 1 is 1.83 bits per heavy atom. The molecule has 1 heterocycles. The van der Waals surface area contributed by atoms with Gasteiger partial charge in [-0.3, -0.25) is 10.1 Å². The Labute approximate surface area is 70.0 Å².